The third-order valence-corrected chi connectivity index (χ3v) is 5.22. The minimum Gasteiger partial charge on any atom is -0.366 e. The van der Waals surface area contributed by atoms with Crippen LogP contribution in [0.5, 0.6) is 0 Å². The normalized spacial score (nSPS) is 13.4. The maximum absolute atomic E-state index is 12.8. The molecule has 3 aromatic rings. The lowest BCUT2D eigenvalue weighted by molar-refractivity contribution is -0.384. The number of carbonyl (C=O) groups is 1. The average molecular weight is 406 g/mol. The van der Waals surface area contributed by atoms with E-state index in [4.69, 9.17) is 0 Å². The highest BCUT2D eigenvalue weighted by Crippen LogP contribution is 2.32. The summed E-state index contributed by atoms with van der Waals surface area (Å²) in [6.07, 6.45) is 3.69. The van der Waals surface area contributed by atoms with Gasteiger partial charge in [-0.25, -0.2) is 0 Å². The Hall–Kier alpha value is -3.75. The van der Waals surface area contributed by atoms with E-state index in [9.17, 15) is 14.9 Å². The number of nitro benzene ring substituents is 1. The maximum Gasteiger partial charge on any atom is 0.293 e. The largest absolute Gasteiger partial charge is 0.366 e. The Morgan fingerprint density at radius 3 is 2.73 bits per heavy atom. The number of carbonyl (C=O) groups excluding carboxylic acids is 1. The topological polar surface area (TPSA) is 106 Å². The zero-order valence-corrected chi connectivity index (χ0v) is 16.6. The Balaban J connectivity index is 1.57. The first-order valence-corrected chi connectivity index (χ1v) is 9.90. The quantitative estimate of drug-likeness (QED) is 0.494. The van der Waals surface area contributed by atoms with Gasteiger partial charge >= 0.3 is 0 Å². The molecule has 9 nitrogen and oxygen atoms in total. The molecule has 154 valence electrons. The predicted molar refractivity (Wildman–Crippen MR) is 114 cm³/mol. The van der Waals surface area contributed by atoms with Crippen molar-refractivity contribution < 1.29 is 9.72 Å². The summed E-state index contributed by atoms with van der Waals surface area (Å²) in [5.41, 5.74) is 2.16. The van der Waals surface area contributed by atoms with Gasteiger partial charge in [0.25, 0.3) is 11.6 Å². The van der Waals surface area contributed by atoms with Crippen molar-refractivity contribution in [2.45, 2.75) is 26.3 Å². The van der Waals surface area contributed by atoms with Crippen LogP contribution < -0.4 is 10.2 Å². The van der Waals surface area contributed by atoms with Gasteiger partial charge in [0, 0.05) is 42.5 Å². The zero-order valence-electron chi connectivity index (χ0n) is 16.6. The Morgan fingerprint density at radius 2 is 2.00 bits per heavy atom. The van der Waals surface area contributed by atoms with Crippen LogP contribution in [0.25, 0.3) is 11.4 Å². The smallest absolute Gasteiger partial charge is 0.293 e. The van der Waals surface area contributed by atoms with Crippen LogP contribution in [0.2, 0.25) is 0 Å². The molecule has 0 bridgehead atoms. The van der Waals surface area contributed by atoms with Crippen LogP contribution in [0.15, 0.2) is 48.8 Å². The van der Waals surface area contributed by atoms with E-state index in [0.29, 0.717) is 17.2 Å². The first-order chi connectivity index (χ1) is 14.6. The molecule has 2 aromatic carbocycles. The van der Waals surface area contributed by atoms with Gasteiger partial charge in [-0.3, -0.25) is 14.9 Å². The number of aryl methyl sites for hydroxylation is 1. The van der Waals surface area contributed by atoms with Gasteiger partial charge in [-0.05, 0) is 44.0 Å². The molecule has 0 radical (unpaired) electrons. The molecule has 0 atom stereocenters. The van der Waals surface area contributed by atoms with Crippen molar-refractivity contribution in [3.63, 3.8) is 0 Å². The molecule has 1 amide bonds. The van der Waals surface area contributed by atoms with Gasteiger partial charge in [0.15, 0.2) is 5.82 Å². The molecule has 1 fully saturated rings. The minimum absolute atomic E-state index is 0.0469. The fourth-order valence-electron chi connectivity index (χ4n) is 3.69. The first-order valence-electron chi connectivity index (χ1n) is 9.90. The van der Waals surface area contributed by atoms with E-state index in [-0.39, 0.29) is 11.3 Å². The van der Waals surface area contributed by atoms with E-state index < -0.39 is 10.8 Å². The summed E-state index contributed by atoms with van der Waals surface area (Å²) in [7, 11) is 0. The van der Waals surface area contributed by atoms with Crippen LogP contribution in [0.4, 0.5) is 17.1 Å². The van der Waals surface area contributed by atoms with Gasteiger partial charge in [0.1, 0.15) is 12.0 Å². The number of nitro groups is 1. The molecule has 0 spiro atoms. The van der Waals surface area contributed by atoms with E-state index >= 15 is 0 Å². The molecule has 0 unspecified atom stereocenters. The number of nitrogens with zero attached hydrogens (tertiary/aromatic N) is 5. The summed E-state index contributed by atoms with van der Waals surface area (Å²) in [6.45, 7) is 4.31. The fraction of sp³-hybridized carbons (Fsp3) is 0.286. The highest BCUT2D eigenvalue weighted by Gasteiger charge is 2.24. The van der Waals surface area contributed by atoms with Crippen molar-refractivity contribution in [1.82, 2.24) is 14.8 Å². The van der Waals surface area contributed by atoms with Gasteiger partial charge in [-0.2, -0.15) is 0 Å². The molecule has 1 aliphatic rings. The standard InChI is InChI=1S/C21H22N6O3/c1-2-25-14-22-24-20(25)15-6-5-7-17(12-15)23-21(28)16-8-9-18(19(13-16)27(29)30)26-10-3-4-11-26/h5-9,12-14H,2-4,10-11H2,1H3,(H,23,28). The van der Waals surface area contributed by atoms with Gasteiger partial charge < -0.3 is 14.8 Å². The lowest BCUT2D eigenvalue weighted by Gasteiger charge is -2.17. The molecule has 30 heavy (non-hydrogen) atoms. The maximum atomic E-state index is 12.8. The second-order valence-corrected chi connectivity index (χ2v) is 7.13. The van der Waals surface area contributed by atoms with Crippen LogP contribution in [0.3, 0.4) is 0 Å². The molecular formula is C21H22N6O3. The van der Waals surface area contributed by atoms with E-state index in [1.807, 2.05) is 28.5 Å². The molecule has 1 N–H and O–H groups in total. The van der Waals surface area contributed by atoms with E-state index in [0.717, 1.165) is 38.0 Å². The Bertz CT molecular complexity index is 1090. The van der Waals surface area contributed by atoms with Crippen LogP contribution in [0.1, 0.15) is 30.1 Å². The minimum atomic E-state index is -0.428. The Kier molecular flexibility index (Phi) is 5.42. The molecule has 2 heterocycles. The van der Waals surface area contributed by atoms with Crippen LogP contribution >= 0.6 is 0 Å². The lowest BCUT2D eigenvalue weighted by atomic mass is 10.1. The van der Waals surface area contributed by atoms with Gasteiger partial charge in [0.2, 0.25) is 0 Å². The molecule has 1 saturated heterocycles. The summed E-state index contributed by atoms with van der Waals surface area (Å²) in [6, 6.07) is 11.9. The number of benzene rings is 2. The fourth-order valence-corrected chi connectivity index (χ4v) is 3.69. The summed E-state index contributed by atoms with van der Waals surface area (Å²) in [5, 5.41) is 22.5. The highest BCUT2D eigenvalue weighted by molar-refractivity contribution is 6.05. The molecular weight excluding hydrogens is 384 g/mol. The van der Waals surface area contributed by atoms with Crippen molar-refractivity contribution >= 4 is 23.0 Å². The Labute approximate surface area is 173 Å². The highest BCUT2D eigenvalue weighted by atomic mass is 16.6. The lowest BCUT2D eigenvalue weighted by Crippen LogP contribution is -2.19. The zero-order chi connectivity index (χ0) is 21.1. The second-order valence-electron chi connectivity index (χ2n) is 7.13. The van der Waals surface area contributed by atoms with Crippen LogP contribution in [-0.4, -0.2) is 38.7 Å². The number of hydrogen-bond acceptors (Lipinski definition) is 6. The monoisotopic (exact) mass is 406 g/mol. The molecule has 1 aromatic heterocycles. The number of amides is 1. The third kappa shape index (κ3) is 3.86. The molecule has 4 rings (SSSR count). The van der Waals surface area contributed by atoms with Crippen LogP contribution in [-0.2, 0) is 6.54 Å². The molecule has 9 heteroatoms. The van der Waals surface area contributed by atoms with Crippen molar-refractivity contribution in [2.75, 3.05) is 23.3 Å². The summed E-state index contributed by atoms with van der Waals surface area (Å²) >= 11 is 0. The van der Waals surface area contributed by atoms with Gasteiger partial charge in [-0.15, -0.1) is 10.2 Å². The van der Waals surface area contributed by atoms with Crippen molar-refractivity contribution in [1.29, 1.82) is 0 Å². The number of rotatable bonds is 6. The number of aromatic nitrogens is 3. The second kappa shape index (κ2) is 8.32. The predicted octanol–water partition coefficient (Wildman–Crippen LogP) is 3.73. The van der Waals surface area contributed by atoms with Crippen molar-refractivity contribution in [2.24, 2.45) is 0 Å². The summed E-state index contributed by atoms with van der Waals surface area (Å²) < 4.78 is 1.90. The number of hydrogen-bond donors (Lipinski definition) is 1. The van der Waals surface area contributed by atoms with E-state index in [2.05, 4.69) is 15.5 Å². The van der Waals surface area contributed by atoms with Crippen LogP contribution in [0, 0.1) is 10.1 Å². The SMILES string of the molecule is CCn1cnnc1-c1cccc(NC(=O)c2ccc(N3CCCC3)c([N+](=O)[O-])c2)c1. The number of anilines is 2. The Morgan fingerprint density at radius 1 is 1.20 bits per heavy atom. The van der Waals surface area contributed by atoms with Gasteiger partial charge in [-0.1, -0.05) is 12.1 Å². The third-order valence-electron chi connectivity index (χ3n) is 5.22. The van der Waals surface area contributed by atoms with Crippen molar-refractivity contribution in [3.05, 3.63) is 64.5 Å². The summed E-state index contributed by atoms with van der Waals surface area (Å²) in [4.78, 5) is 25.9. The number of nitrogens with one attached hydrogen (secondary N) is 1. The first kappa shape index (κ1) is 19.6. The van der Waals surface area contributed by atoms with Crippen molar-refractivity contribution in [3.8, 4) is 11.4 Å². The summed E-state index contributed by atoms with van der Waals surface area (Å²) in [5.74, 6) is 0.305. The average Bonchev–Trinajstić information content (AvgIpc) is 3.45. The van der Waals surface area contributed by atoms with E-state index in [1.165, 1.54) is 6.07 Å². The molecule has 0 aliphatic carbocycles. The van der Waals surface area contributed by atoms with Gasteiger partial charge in [0.05, 0.1) is 4.92 Å². The molecule has 0 saturated carbocycles. The molecule has 1 aliphatic heterocycles. The van der Waals surface area contributed by atoms with E-state index in [1.54, 1.807) is 30.6 Å².